The van der Waals surface area contributed by atoms with Crippen molar-refractivity contribution in [3.05, 3.63) is 37.1 Å². The van der Waals surface area contributed by atoms with E-state index in [9.17, 15) is 9.59 Å². The van der Waals surface area contributed by atoms with Crippen molar-refractivity contribution in [2.24, 2.45) is 0 Å². The average molecular weight is 221 g/mol. The summed E-state index contributed by atoms with van der Waals surface area (Å²) in [4.78, 5) is 24.7. The third-order valence-electron chi connectivity index (χ3n) is 2.41. The molecule has 1 unspecified atom stereocenters. The van der Waals surface area contributed by atoms with Gasteiger partial charge < -0.3 is 9.64 Å². The zero-order valence-electron chi connectivity index (χ0n) is 9.31. The van der Waals surface area contributed by atoms with E-state index in [-0.39, 0.29) is 17.5 Å². The molecule has 0 saturated heterocycles. The van der Waals surface area contributed by atoms with Crippen molar-refractivity contribution in [1.82, 2.24) is 4.90 Å². The third kappa shape index (κ3) is 2.39. The second-order valence-electron chi connectivity index (χ2n) is 3.44. The maximum Gasteiger partial charge on any atom is 0.354 e. The summed E-state index contributed by atoms with van der Waals surface area (Å²) in [5, 5.41) is 0. The molecule has 4 heteroatoms. The summed E-state index contributed by atoms with van der Waals surface area (Å²) in [5.41, 5.74) is 0.267. The summed E-state index contributed by atoms with van der Waals surface area (Å²) in [6.07, 6.45) is 4.97. The summed E-state index contributed by atoms with van der Waals surface area (Å²) < 4.78 is 4.64. The van der Waals surface area contributed by atoms with Crippen molar-refractivity contribution in [3.63, 3.8) is 0 Å². The van der Waals surface area contributed by atoms with E-state index < -0.39 is 5.97 Å². The van der Waals surface area contributed by atoms with Gasteiger partial charge in [-0.25, -0.2) is 4.79 Å². The number of ketones is 1. The first-order chi connectivity index (χ1) is 7.63. The lowest BCUT2D eigenvalue weighted by molar-refractivity contribution is -0.139. The average Bonchev–Trinajstić information content (AvgIpc) is 2.29. The zero-order valence-corrected chi connectivity index (χ0v) is 9.31. The van der Waals surface area contributed by atoms with Crippen molar-refractivity contribution >= 4 is 11.8 Å². The SMILES string of the molecule is C=CCN1C(C(=O)OC)=CC(=O)CC1C=C. The molecule has 0 bridgehead atoms. The molecule has 0 aromatic carbocycles. The molecule has 16 heavy (non-hydrogen) atoms. The largest absolute Gasteiger partial charge is 0.464 e. The van der Waals surface area contributed by atoms with Crippen LogP contribution in [0.4, 0.5) is 0 Å². The normalized spacial score (nSPS) is 20.1. The van der Waals surface area contributed by atoms with Crippen LogP contribution >= 0.6 is 0 Å². The fourth-order valence-electron chi connectivity index (χ4n) is 1.65. The molecule has 0 spiro atoms. The predicted molar refractivity (Wildman–Crippen MR) is 60.6 cm³/mol. The van der Waals surface area contributed by atoms with Crippen LogP contribution in [0.3, 0.4) is 0 Å². The van der Waals surface area contributed by atoms with E-state index in [2.05, 4.69) is 17.9 Å². The molecule has 1 rings (SSSR count). The Morgan fingerprint density at radius 1 is 1.69 bits per heavy atom. The van der Waals surface area contributed by atoms with Crippen LogP contribution in [-0.4, -0.2) is 36.3 Å². The lowest BCUT2D eigenvalue weighted by Crippen LogP contribution is -2.41. The zero-order chi connectivity index (χ0) is 12.1. The molecule has 0 saturated carbocycles. The van der Waals surface area contributed by atoms with Gasteiger partial charge in [-0.2, -0.15) is 0 Å². The Bertz CT molecular complexity index is 357. The smallest absolute Gasteiger partial charge is 0.354 e. The Balaban J connectivity index is 3.06. The second-order valence-corrected chi connectivity index (χ2v) is 3.44. The van der Waals surface area contributed by atoms with Crippen LogP contribution in [0.1, 0.15) is 6.42 Å². The lowest BCUT2D eigenvalue weighted by atomic mass is 10.0. The topological polar surface area (TPSA) is 46.6 Å². The lowest BCUT2D eigenvalue weighted by Gasteiger charge is -2.33. The van der Waals surface area contributed by atoms with Crippen molar-refractivity contribution in [2.75, 3.05) is 13.7 Å². The summed E-state index contributed by atoms with van der Waals surface area (Å²) in [5.74, 6) is -0.604. The molecule has 1 aliphatic rings. The molecule has 0 aromatic heterocycles. The molecule has 1 aliphatic heterocycles. The quantitative estimate of drug-likeness (QED) is 0.526. The van der Waals surface area contributed by atoms with Crippen LogP contribution in [0.5, 0.6) is 0 Å². The fraction of sp³-hybridized carbons (Fsp3) is 0.333. The molecule has 86 valence electrons. The Morgan fingerprint density at radius 2 is 2.38 bits per heavy atom. The summed E-state index contributed by atoms with van der Waals surface area (Å²) in [7, 11) is 1.29. The summed E-state index contributed by atoms with van der Waals surface area (Å²) >= 11 is 0. The molecule has 0 radical (unpaired) electrons. The number of rotatable bonds is 4. The van der Waals surface area contributed by atoms with Crippen LogP contribution in [0, 0.1) is 0 Å². The summed E-state index contributed by atoms with van der Waals surface area (Å²) in [6, 6.07) is -0.176. The highest BCUT2D eigenvalue weighted by Crippen LogP contribution is 2.20. The molecule has 1 heterocycles. The molecule has 4 nitrogen and oxygen atoms in total. The third-order valence-corrected chi connectivity index (χ3v) is 2.41. The van der Waals surface area contributed by atoms with E-state index in [1.807, 2.05) is 0 Å². The molecule has 1 atom stereocenters. The highest BCUT2D eigenvalue weighted by Gasteiger charge is 2.29. The summed E-state index contributed by atoms with van der Waals surface area (Å²) in [6.45, 7) is 7.76. The van der Waals surface area contributed by atoms with Gasteiger partial charge in [0.2, 0.25) is 0 Å². The van der Waals surface area contributed by atoms with Crippen LogP contribution in [-0.2, 0) is 14.3 Å². The van der Waals surface area contributed by atoms with E-state index in [4.69, 9.17) is 0 Å². The number of esters is 1. The van der Waals surface area contributed by atoms with Gasteiger partial charge >= 0.3 is 5.97 Å². The van der Waals surface area contributed by atoms with Crippen LogP contribution in [0.2, 0.25) is 0 Å². The molecule has 0 fully saturated rings. The fourth-order valence-corrected chi connectivity index (χ4v) is 1.65. The first-order valence-corrected chi connectivity index (χ1v) is 4.97. The van der Waals surface area contributed by atoms with Gasteiger partial charge in [-0.3, -0.25) is 4.79 Å². The second kappa shape index (κ2) is 5.30. The number of hydrogen-bond donors (Lipinski definition) is 0. The van der Waals surface area contributed by atoms with Gasteiger partial charge in [-0.1, -0.05) is 12.2 Å². The molecule has 0 aromatic rings. The van der Waals surface area contributed by atoms with E-state index in [0.29, 0.717) is 13.0 Å². The van der Waals surface area contributed by atoms with Gasteiger partial charge in [0.05, 0.1) is 13.2 Å². The minimum atomic E-state index is -0.512. The van der Waals surface area contributed by atoms with Crippen LogP contribution in [0.15, 0.2) is 37.1 Å². The maximum atomic E-state index is 11.5. The minimum Gasteiger partial charge on any atom is -0.464 e. The van der Waals surface area contributed by atoms with E-state index in [0.717, 1.165) is 0 Å². The number of methoxy groups -OCH3 is 1. The Hall–Kier alpha value is -1.84. The van der Waals surface area contributed by atoms with Crippen molar-refractivity contribution in [1.29, 1.82) is 0 Å². The van der Waals surface area contributed by atoms with Crippen molar-refractivity contribution < 1.29 is 14.3 Å². The van der Waals surface area contributed by atoms with E-state index >= 15 is 0 Å². The van der Waals surface area contributed by atoms with E-state index in [1.165, 1.54) is 13.2 Å². The number of carbonyl (C=O) groups excluding carboxylic acids is 2. The Morgan fingerprint density at radius 3 is 2.88 bits per heavy atom. The molecular formula is C12H15NO3. The number of allylic oxidation sites excluding steroid dienone is 1. The van der Waals surface area contributed by atoms with Crippen molar-refractivity contribution in [3.8, 4) is 0 Å². The Kier molecular flexibility index (Phi) is 4.05. The number of nitrogens with zero attached hydrogens (tertiary/aromatic N) is 1. The van der Waals surface area contributed by atoms with Gasteiger partial charge in [0.15, 0.2) is 5.78 Å². The van der Waals surface area contributed by atoms with Crippen LogP contribution < -0.4 is 0 Å². The Labute approximate surface area is 94.9 Å². The number of hydrogen-bond acceptors (Lipinski definition) is 4. The van der Waals surface area contributed by atoms with Gasteiger partial charge in [0.1, 0.15) is 5.70 Å². The first kappa shape index (κ1) is 12.2. The molecule has 0 N–H and O–H groups in total. The maximum absolute atomic E-state index is 11.5. The van der Waals surface area contributed by atoms with E-state index in [1.54, 1.807) is 17.1 Å². The highest BCUT2D eigenvalue weighted by atomic mass is 16.5. The molecule has 0 amide bonds. The number of carbonyl (C=O) groups is 2. The number of ether oxygens (including phenoxy) is 1. The minimum absolute atomic E-state index is 0.0920. The highest BCUT2D eigenvalue weighted by molar-refractivity contribution is 6.00. The van der Waals surface area contributed by atoms with Gasteiger partial charge in [0, 0.05) is 19.0 Å². The molecule has 0 aliphatic carbocycles. The molecular weight excluding hydrogens is 206 g/mol. The van der Waals surface area contributed by atoms with Gasteiger partial charge in [-0.05, 0) is 0 Å². The predicted octanol–water partition coefficient (Wildman–Crippen LogP) is 1.06. The standard InChI is InChI=1S/C12H15NO3/c1-4-6-13-9(5-2)7-10(14)8-11(13)12(15)16-3/h4-5,8-9H,1-2,6-7H2,3H3. The monoisotopic (exact) mass is 221 g/mol. The first-order valence-electron chi connectivity index (χ1n) is 4.97. The van der Waals surface area contributed by atoms with Crippen LogP contribution in [0.25, 0.3) is 0 Å². The van der Waals surface area contributed by atoms with Gasteiger partial charge in [0.25, 0.3) is 0 Å². The van der Waals surface area contributed by atoms with Gasteiger partial charge in [-0.15, -0.1) is 13.2 Å². The van der Waals surface area contributed by atoms with Crippen molar-refractivity contribution in [2.45, 2.75) is 12.5 Å².